The van der Waals surface area contributed by atoms with Crippen molar-refractivity contribution in [2.24, 2.45) is 5.73 Å². The first-order chi connectivity index (χ1) is 15.8. The molecule has 0 spiro atoms. The second-order valence-electron chi connectivity index (χ2n) is 7.00. The van der Waals surface area contributed by atoms with Crippen molar-refractivity contribution in [3.05, 3.63) is 72.1 Å². The number of hydrogen-bond acceptors (Lipinski definition) is 6. The zero-order valence-corrected chi connectivity index (χ0v) is 17.3. The number of amides is 1. The van der Waals surface area contributed by atoms with E-state index in [1.807, 2.05) is 6.92 Å². The number of fused-ring (bicyclic) bond motifs is 1. The predicted octanol–water partition coefficient (Wildman–Crippen LogP) is 4.95. The number of anilines is 2. The van der Waals surface area contributed by atoms with Gasteiger partial charge in [-0.05, 0) is 55.5 Å². The van der Waals surface area contributed by atoms with Crippen molar-refractivity contribution in [3.8, 4) is 17.1 Å². The maximum atomic E-state index is 13.3. The molecule has 0 saturated carbocycles. The lowest BCUT2D eigenvalue weighted by molar-refractivity contribution is -0.137. The van der Waals surface area contributed by atoms with Crippen LogP contribution in [0.4, 0.5) is 24.7 Å². The van der Waals surface area contributed by atoms with Gasteiger partial charge in [-0.2, -0.15) is 13.2 Å². The number of rotatable bonds is 6. The molecular weight excluding hydrogens is 435 g/mol. The molecule has 2 heterocycles. The molecule has 33 heavy (non-hydrogen) atoms. The molecule has 3 N–H and O–H groups in total. The SMILES string of the molecule is CCOc1ccc2nc(-c3cccnc3)nc(Nc3cc(C(F)(F)F)ccc3C(N)=O)c2c1. The number of primary amides is 1. The van der Waals surface area contributed by atoms with Gasteiger partial charge in [0.05, 0.1) is 28.9 Å². The first-order valence-electron chi connectivity index (χ1n) is 9.89. The van der Waals surface area contributed by atoms with Gasteiger partial charge in [-0.1, -0.05) is 0 Å². The number of benzene rings is 2. The van der Waals surface area contributed by atoms with E-state index in [1.165, 1.54) is 0 Å². The summed E-state index contributed by atoms with van der Waals surface area (Å²) in [5, 5.41) is 3.35. The monoisotopic (exact) mass is 453 g/mol. The van der Waals surface area contributed by atoms with Crippen LogP contribution in [-0.2, 0) is 6.18 Å². The highest BCUT2D eigenvalue weighted by atomic mass is 19.4. The van der Waals surface area contributed by atoms with Crippen LogP contribution in [-0.4, -0.2) is 27.5 Å². The van der Waals surface area contributed by atoms with Gasteiger partial charge in [0.15, 0.2) is 5.82 Å². The molecule has 7 nitrogen and oxygen atoms in total. The first kappa shape index (κ1) is 22.0. The van der Waals surface area contributed by atoms with Gasteiger partial charge in [0.1, 0.15) is 11.6 Å². The van der Waals surface area contributed by atoms with E-state index in [0.717, 1.165) is 18.2 Å². The van der Waals surface area contributed by atoms with Crippen molar-refractivity contribution in [2.45, 2.75) is 13.1 Å². The number of carbonyl (C=O) groups is 1. The number of hydrogen-bond donors (Lipinski definition) is 2. The molecule has 2 aromatic heterocycles. The second-order valence-corrected chi connectivity index (χ2v) is 7.00. The Morgan fingerprint density at radius 3 is 2.61 bits per heavy atom. The van der Waals surface area contributed by atoms with E-state index in [-0.39, 0.29) is 17.1 Å². The van der Waals surface area contributed by atoms with Gasteiger partial charge in [-0.25, -0.2) is 9.97 Å². The summed E-state index contributed by atoms with van der Waals surface area (Å²) in [5.74, 6) is 0.133. The van der Waals surface area contributed by atoms with Crippen LogP contribution in [0.15, 0.2) is 60.9 Å². The zero-order chi connectivity index (χ0) is 23.6. The number of alkyl halides is 3. The molecule has 0 unspecified atom stereocenters. The molecule has 1 amide bonds. The number of halogens is 3. The van der Waals surface area contributed by atoms with E-state index in [0.29, 0.717) is 34.6 Å². The van der Waals surface area contributed by atoms with E-state index in [1.54, 1.807) is 42.7 Å². The Bertz CT molecular complexity index is 1330. The molecule has 0 radical (unpaired) electrons. The largest absolute Gasteiger partial charge is 0.494 e. The smallest absolute Gasteiger partial charge is 0.416 e. The van der Waals surface area contributed by atoms with Crippen LogP contribution in [0.1, 0.15) is 22.8 Å². The standard InChI is InChI=1S/C23H18F3N5O2/c1-2-33-15-6-8-18-17(11-15)22(31-21(29-18)13-4-3-9-28-12-13)30-19-10-14(23(24,25)26)5-7-16(19)20(27)32/h3-12H,2H2,1H3,(H2,27,32)(H,29,30,31). The van der Waals surface area contributed by atoms with Gasteiger partial charge in [0.25, 0.3) is 5.91 Å². The highest BCUT2D eigenvalue weighted by Gasteiger charge is 2.31. The molecule has 0 bridgehead atoms. The number of nitrogens with two attached hydrogens (primary N) is 1. The van der Waals surface area contributed by atoms with Crippen molar-refractivity contribution in [1.82, 2.24) is 15.0 Å². The van der Waals surface area contributed by atoms with Gasteiger partial charge in [0, 0.05) is 23.3 Å². The van der Waals surface area contributed by atoms with Crippen molar-refractivity contribution in [3.63, 3.8) is 0 Å². The van der Waals surface area contributed by atoms with Crippen molar-refractivity contribution < 1.29 is 22.7 Å². The number of pyridine rings is 1. The maximum absolute atomic E-state index is 13.3. The van der Waals surface area contributed by atoms with Crippen LogP contribution in [0, 0.1) is 0 Å². The fraction of sp³-hybridized carbons (Fsp3) is 0.130. The highest BCUT2D eigenvalue weighted by molar-refractivity contribution is 6.01. The summed E-state index contributed by atoms with van der Waals surface area (Å²) in [6.07, 6.45) is -1.44. The van der Waals surface area contributed by atoms with Crippen LogP contribution in [0.25, 0.3) is 22.3 Å². The van der Waals surface area contributed by atoms with Gasteiger partial charge in [-0.15, -0.1) is 0 Å². The molecule has 0 aliphatic heterocycles. The molecule has 168 valence electrons. The summed E-state index contributed by atoms with van der Waals surface area (Å²) >= 11 is 0. The topological polar surface area (TPSA) is 103 Å². The summed E-state index contributed by atoms with van der Waals surface area (Å²) < 4.78 is 45.5. The normalized spacial score (nSPS) is 11.4. The minimum Gasteiger partial charge on any atom is -0.494 e. The minimum absolute atomic E-state index is 0.112. The van der Waals surface area contributed by atoms with Gasteiger partial charge < -0.3 is 15.8 Å². The molecule has 2 aromatic carbocycles. The Balaban J connectivity index is 1.92. The van der Waals surface area contributed by atoms with Crippen LogP contribution in [0.5, 0.6) is 5.75 Å². The van der Waals surface area contributed by atoms with E-state index in [9.17, 15) is 18.0 Å². The van der Waals surface area contributed by atoms with Crippen molar-refractivity contribution in [2.75, 3.05) is 11.9 Å². The van der Waals surface area contributed by atoms with Crippen molar-refractivity contribution >= 4 is 28.3 Å². The van der Waals surface area contributed by atoms with Crippen LogP contribution in [0.2, 0.25) is 0 Å². The number of nitrogens with one attached hydrogen (secondary N) is 1. The molecule has 0 fully saturated rings. The van der Waals surface area contributed by atoms with Gasteiger partial charge in [-0.3, -0.25) is 9.78 Å². The molecule has 0 aliphatic rings. The lowest BCUT2D eigenvalue weighted by atomic mass is 10.1. The zero-order valence-electron chi connectivity index (χ0n) is 17.3. The summed E-state index contributed by atoms with van der Waals surface area (Å²) in [6, 6.07) is 11.2. The van der Waals surface area contributed by atoms with Crippen LogP contribution >= 0.6 is 0 Å². The van der Waals surface area contributed by atoms with Crippen LogP contribution < -0.4 is 15.8 Å². The van der Waals surface area contributed by atoms with E-state index >= 15 is 0 Å². The maximum Gasteiger partial charge on any atom is 0.416 e. The average molecular weight is 453 g/mol. The Kier molecular flexibility index (Phi) is 5.82. The Hall–Kier alpha value is -4.21. The van der Waals surface area contributed by atoms with Gasteiger partial charge >= 0.3 is 6.18 Å². The lowest BCUT2D eigenvalue weighted by Gasteiger charge is -2.16. The summed E-state index contributed by atoms with van der Waals surface area (Å²) in [4.78, 5) is 25.0. The Labute approximate surface area is 186 Å². The molecule has 0 saturated heterocycles. The number of ether oxygens (including phenoxy) is 1. The molecule has 4 rings (SSSR count). The molecule has 0 aliphatic carbocycles. The van der Waals surface area contributed by atoms with Crippen molar-refractivity contribution in [1.29, 1.82) is 0 Å². The molecular formula is C23H18F3N5O2. The quantitative estimate of drug-likeness (QED) is 0.428. The molecule has 10 heteroatoms. The van der Waals surface area contributed by atoms with E-state index in [2.05, 4.69) is 20.3 Å². The van der Waals surface area contributed by atoms with E-state index < -0.39 is 17.6 Å². The predicted molar refractivity (Wildman–Crippen MR) is 117 cm³/mol. The molecule has 4 aromatic rings. The van der Waals surface area contributed by atoms with Crippen LogP contribution in [0.3, 0.4) is 0 Å². The number of nitrogens with zero attached hydrogens (tertiary/aromatic N) is 3. The first-order valence-corrected chi connectivity index (χ1v) is 9.89. The number of carbonyl (C=O) groups excluding carboxylic acids is 1. The van der Waals surface area contributed by atoms with Gasteiger partial charge in [0.2, 0.25) is 0 Å². The third kappa shape index (κ3) is 4.69. The fourth-order valence-corrected chi connectivity index (χ4v) is 3.25. The fourth-order valence-electron chi connectivity index (χ4n) is 3.25. The Morgan fingerprint density at radius 1 is 1.12 bits per heavy atom. The highest BCUT2D eigenvalue weighted by Crippen LogP contribution is 2.35. The summed E-state index contributed by atoms with van der Waals surface area (Å²) in [7, 11) is 0. The Morgan fingerprint density at radius 2 is 1.94 bits per heavy atom. The van der Waals surface area contributed by atoms with E-state index in [4.69, 9.17) is 10.5 Å². The minimum atomic E-state index is -4.61. The lowest BCUT2D eigenvalue weighted by Crippen LogP contribution is -2.15. The summed E-state index contributed by atoms with van der Waals surface area (Å²) in [5.41, 5.74) is 5.35. The third-order valence-electron chi connectivity index (χ3n) is 4.76. The molecule has 0 atom stereocenters. The third-order valence-corrected chi connectivity index (χ3v) is 4.76. The summed E-state index contributed by atoms with van der Waals surface area (Å²) in [6.45, 7) is 2.25. The average Bonchev–Trinajstić information content (AvgIpc) is 2.79. The second kappa shape index (κ2) is 8.73. The number of aromatic nitrogens is 3.